The molecule has 0 aliphatic heterocycles. The maximum atomic E-state index is 5.62. The van der Waals surface area contributed by atoms with Gasteiger partial charge < -0.3 is 0 Å². The predicted molar refractivity (Wildman–Crippen MR) is 60.5 cm³/mol. The van der Waals surface area contributed by atoms with Crippen LogP contribution in [-0.2, 0) is 16.5 Å². The van der Waals surface area contributed by atoms with Gasteiger partial charge in [0.15, 0.2) is 0 Å². The van der Waals surface area contributed by atoms with Crippen molar-refractivity contribution < 1.29 is 16.5 Å². The second-order valence-electron chi connectivity index (χ2n) is 2.16. The van der Waals surface area contributed by atoms with Crippen molar-refractivity contribution in [2.24, 2.45) is 0 Å². The Balaban J connectivity index is 3.43. The molecule has 0 heterocycles. The van der Waals surface area contributed by atoms with E-state index in [0.29, 0.717) is 0 Å². The van der Waals surface area contributed by atoms with E-state index in [0.717, 1.165) is 26.1 Å². The zero-order chi connectivity index (χ0) is 8.74. The van der Waals surface area contributed by atoms with E-state index in [1.54, 1.807) is 0 Å². The topological polar surface area (TPSA) is 18.5 Å². The van der Waals surface area contributed by atoms with Crippen molar-refractivity contribution in [2.45, 2.75) is 26.7 Å². The van der Waals surface area contributed by atoms with Crippen molar-refractivity contribution in [1.82, 2.24) is 0 Å². The fraction of sp³-hybridized carbons (Fsp3) is 1.00. The van der Waals surface area contributed by atoms with E-state index >= 15 is 0 Å². The average Bonchev–Trinajstić information content (AvgIpc) is 1.97. The van der Waals surface area contributed by atoms with Crippen LogP contribution < -0.4 is 0 Å². The molecule has 2 nitrogen and oxygen atoms in total. The monoisotopic (exact) mass is 420 g/mol. The maximum absolute atomic E-state index is 5.62. The first-order valence-corrected chi connectivity index (χ1v) is 15.1. The van der Waals surface area contributed by atoms with Gasteiger partial charge in [0.2, 0.25) is 0 Å². The van der Waals surface area contributed by atoms with Crippen LogP contribution >= 0.6 is 38.4 Å². The molecule has 0 saturated heterocycles. The summed E-state index contributed by atoms with van der Waals surface area (Å²) in [7, 11) is -2.28. The normalized spacial score (nSPS) is 12.0. The van der Waals surface area contributed by atoms with E-state index in [-0.39, 0.29) is 0 Å². The molecule has 0 atom stereocenters. The molecule has 11 heavy (non-hydrogen) atoms. The van der Waals surface area contributed by atoms with Crippen LogP contribution in [0.15, 0.2) is 0 Å². The summed E-state index contributed by atoms with van der Waals surface area (Å²) in [6.45, 7) is 5.92. The van der Waals surface area contributed by atoms with E-state index in [9.17, 15) is 0 Å². The van der Waals surface area contributed by atoms with E-state index in [1.807, 2.05) is 0 Å². The van der Waals surface area contributed by atoms with Crippen molar-refractivity contribution in [3.8, 4) is 0 Å². The van der Waals surface area contributed by atoms with Gasteiger partial charge in [-0.25, -0.2) is 0 Å². The minimum atomic E-state index is -2.28. The molecular weight excluding hydrogens is 406 g/mol. The van der Waals surface area contributed by atoms with E-state index in [4.69, 9.17) is 6.64 Å². The first-order valence-electron chi connectivity index (χ1n) is 3.78. The second-order valence-corrected chi connectivity index (χ2v) is 24.7. The zero-order valence-electron chi connectivity index (χ0n) is 6.90. The molecule has 0 spiro atoms. The number of rotatable bonds is 6. The molecule has 0 aromatic heterocycles. The molecule has 0 aliphatic carbocycles. The van der Waals surface area contributed by atoms with Gasteiger partial charge in [0.1, 0.15) is 0 Å². The van der Waals surface area contributed by atoms with Gasteiger partial charge in [-0.1, -0.05) is 0 Å². The summed E-state index contributed by atoms with van der Waals surface area (Å²) < 4.78 is 11.2. The van der Waals surface area contributed by atoms with Crippen LogP contribution in [-0.4, -0.2) is 13.2 Å². The van der Waals surface area contributed by atoms with Crippen LogP contribution in [0.5, 0.6) is 0 Å². The third-order valence-electron chi connectivity index (χ3n) is 0.948. The van der Waals surface area contributed by atoms with Crippen molar-refractivity contribution in [3.05, 3.63) is 0 Å². The molecule has 0 unspecified atom stereocenters. The zero-order valence-corrected chi connectivity index (χ0v) is 12.8. The summed E-state index contributed by atoms with van der Waals surface area (Å²) in [5, 5.41) is 0. The standard InChI is InChI=1S/2C3H7O.2HI.Ti/c2*1-2-3-4;;;/h2*2-3H2,1H3;2*1H;/q2*-1;;;+4/p-2. The quantitative estimate of drug-likeness (QED) is 0.484. The van der Waals surface area contributed by atoms with E-state index in [2.05, 4.69) is 52.2 Å². The van der Waals surface area contributed by atoms with Gasteiger partial charge in [-0.05, 0) is 0 Å². The molecule has 0 fully saturated rings. The van der Waals surface area contributed by atoms with Gasteiger partial charge in [-0.3, -0.25) is 0 Å². The Hall–Kier alpha value is 2.09. The minimum absolute atomic E-state index is 0.843. The summed E-state index contributed by atoms with van der Waals surface area (Å²) in [4.78, 5) is 0. The van der Waals surface area contributed by atoms with Crippen LogP contribution in [0.1, 0.15) is 26.7 Å². The molecule has 0 radical (unpaired) electrons. The fourth-order valence-electron chi connectivity index (χ4n) is 0.483. The summed E-state index contributed by atoms with van der Waals surface area (Å²) in [6.07, 6.45) is 2.16. The molecule has 0 saturated carbocycles. The van der Waals surface area contributed by atoms with Crippen molar-refractivity contribution in [3.63, 3.8) is 0 Å². The van der Waals surface area contributed by atoms with Gasteiger partial charge in [0, 0.05) is 0 Å². The summed E-state index contributed by atoms with van der Waals surface area (Å²) >= 11 is 4.70. The summed E-state index contributed by atoms with van der Waals surface area (Å²) in [6, 6.07) is 0. The van der Waals surface area contributed by atoms with Crippen molar-refractivity contribution >= 4 is 38.4 Å². The van der Waals surface area contributed by atoms with E-state index in [1.165, 1.54) is 0 Å². The van der Waals surface area contributed by atoms with Crippen LogP contribution in [0, 0.1) is 0 Å². The molecule has 0 N–H and O–H groups in total. The Morgan fingerprint density at radius 3 is 1.64 bits per heavy atom. The Kier molecular flexibility index (Phi) is 8.92. The van der Waals surface area contributed by atoms with Gasteiger partial charge in [0.05, 0.1) is 0 Å². The molecule has 68 valence electrons. The predicted octanol–water partition coefficient (Wildman–Crippen LogP) is 3.52. The number of halogens is 2. The summed E-state index contributed by atoms with van der Waals surface area (Å²) in [5.41, 5.74) is 0. The van der Waals surface area contributed by atoms with Gasteiger partial charge in [-0.2, -0.15) is 0 Å². The fourth-order valence-corrected chi connectivity index (χ4v) is 5.62. The van der Waals surface area contributed by atoms with Crippen LogP contribution in [0.4, 0.5) is 0 Å². The van der Waals surface area contributed by atoms with Crippen molar-refractivity contribution in [1.29, 1.82) is 0 Å². The van der Waals surface area contributed by atoms with Gasteiger partial charge in [0.25, 0.3) is 0 Å². The molecule has 0 amide bonds. The van der Waals surface area contributed by atoms with Crippen LogP contribution in [0.25, 0.3) is 0 Å². The van der Waals surface area contributed by atoms with Crippen molar-refractivity contribution in [2.75, 3.05) is 13.2 Å². The molecule has 5 heteroatoms. The third-order valence-corrected chi connectivity index (χ3v) is 7.77. The van der Waals surface area contributed by atoms with Crippen LogP contribution in [0.3, 0.4) is 0 Å². The first kappa shape index (κ1) is 13.1. The average molecular weight is 420 g/mol. The Morgan fingerprint density at radius 2 is 1.36 bits per heavy atom. The molecule has 0 bridgehead atoms. The Bertz CT molecular complexity index is 90.6. The molecular formula is C6H14I2O2Ti. The number of hydrogen-bond donors (Lipinski definition) is 0. The summed E-state index contributed by atoms with van der Waals surface area (Å²) in [5.74, 6) is 0. The van der Waals surface area contributed by atoms with Gasteiger partial charge >= 0.3 is 94.8 Å². The number of hydrogen-bond acceptors (Lipinski definition) is 2. The Labute approximate surface area is 93.5 Å². The molecule has 0 aliphatic rings. The van der Waals surface area contributed by atoms with Gasteiger partial charge in [-0.15, -0.1) is 0 Å². The first-order chi connectivity index (χ1) is 5.12. The second kappa shape index (κ2) is 7.49. The van der Waals surface area contributed by atoms with Crippen LogP contribution in [0.2, 0.25) is 0 Å². The van der Waals surface area contributed by atoms with E-state index < -0.39 is 9.87 Å². The third kappa shape index (κ3) is 8.43. The molecule has 0 aromatic carbocycles. The Morgan fingerprint density at radius 1 is 1.00 bits per heavy atom. The molecule has 0 aromatic rings. The SMILES string of the molecule is CCC[O][Ti]([I])([I])[O]CCC. The molecule has 0 rings (SSSR count).